The predicted octanol–water partition coefficient (Wildman–Crippen LogP) is -0.696. The van der Waals surface area contributed by atoms with Crippen molar-refractivity contribution in [2.75, 3.05) is 7.11 Å². The van der Waals surface area contributed by atoms with Crippen molar-refractivity contribution in [2.24, 2.45) is 23.3 Å². The summed E-state index contributed by atoms with van der Waals surface area (Å²) in [6.07, 6.45) is 0.400. The Bertz CT molecular complexity index is 335. The highest BCUT2D eigenvalue weighted by Gasteiger charge is 2.30. The highest BCUT2D eigenvalue weighted by atomic mass is 16.5. The molecule has 1 unspecified atom stereocenters. The number of hydrogen-bond donors (Lipinski definition) is 3. The summed E-state index contributed by atoms with van der Waals surface area (Å²) in [6, 6.07) is 0. The van der Waals surface area contributed by atoms with Crippen molar-refractivity contribution < 1.29 is 24.2 Å². The highest BCUT2D eigenvalue weighted by Crippen LogP contribution is 2.23. The summed E-state index contributed by atoms with van der Waals surface area (Å²) >= 11 is 0. The second-order valence-electron chi connectivity index (χ2n) is 5.17. The number of aliphatic hydroxyl groups is 1. The van der Waals surface area contributed by atoms with E-state index in [2.05, 4.69) is 4.74 Å². The van der Waals surface area contributed by atoms with Gasteiger partial charge in [-0.25, -0.2) is 0 Å². The summed E-state index contributed by atoms with van der Waals surface area (Å²) in [6.45, 7) is 3.12. The van der Waals surface area contributed by atoms with Crippen molar-refractivity contribution >= 4 is 17.8 Å². The summed E-state index contributed by atoms with van der Waals surface area (Å²) in [5.74, 6) is -3.88. The molecule has 0 fully saturated rings. The van der Waals surface area contributed by atoms with Gasteiger partial charge in [0, 0.05) is 0 Å². The third-order valence-corrected chi connectivity index (χ3v) is 2.77. The van der Waals surface area contributed by atoms with Crippen LogP contribution in [0.2, 0.25) is 0 Å². The summed E-state index contributed by atoms with van der Waals surface area (Å²) in [5, 5.41) is 9.73. The first-order valence-electron chi connectivity index (χ1n) is 5.97. The number of methoxy groups -OCH3 is 1. The second-order valence-corrected chi connectivity index (χ2v) is 5.17. The fourth-order valence-corrected chi connectivity index (χ4v) is 1.87. The van der Waals surface area contributed by atoms with Gasteiger partial charge in [-0.15, -0.1) is 0 Å². The Kier molecular flexibility index (Phi) is 6.47. The lowest BCUT2D eigenvalue weighted by Crippen LogP contribution is -2.36. The number of ether oxygens (including phenoxy) is 1. The van der Waals surface area contributed by atoms with Crippen LogP contribution in [-0.2, 0) is 19.1 Å². The van der Waals surface area contributed by atoms with E-state index in [0.29, 0.717) is 0 Å². The summed E-state index contributed by atoms with van der Waals surface area (Å²) in [5.41, 5.74) is 9.05. The van der Waals surface area contributed by atoms with E-state index in [1.54, 1.807) is 13.8 Å². The van der Waals surface area contributed by atoms with Crippen molar-refractivity contribution in [3.05, 3.63) is 0 Å². The summed E-state index contributed by atoms with van der Waals surface area (Å²) in [7, 11) is 1.24. The van der Waals surface area contributed by atoms with Crippen LogP contribution in [0.15, 0.2) is 0 Å². The lowest BCUT2D eigenvalue weighted by Gasteiger charge is -2.23. The van der Waals surface area contributed by atoms with Gasteiger partial charge in [0.25, 0.3) is 0 Å². The van der Waals surface area contributed by atoms with Gasteiger partial charge >= 0.3 is 5.97 Å². The summed E-state index contributed by atoms with van der Waals surface area (Å²) < 4.78 is 4.63. The molecule has 110 valence electrons. The van der Waals surface area contributed by atoms with Crippen molar-refractivity contribution in [3.8, 4) is 0 Å². The van der Waals surface area contributed by atoms with E-state index in [-0.39, 0.29) is 19.3 Å². The van der Waals surface area contributed by atoms with Crippen LogP contribution in [0.1, 0.15) is 33.1 Å². The number of primary amides is 2. The van der Waals surface area contributed by atoms with E-state index < -0.39 is 35.2 Å². The lowest BCUT2D eigenvalue weighted by atomic mass is 9.87. The molecule has 0 saturated heterocycles. The first-order chi connectivity index (χ1) is 8.58. The first-order valence-corrected chi connectivity index (χ1v) is 5.97. The minimum absolute atomic E-state index is 0.0561. The van der Waals surface area contributed by atoms with E-state index >= 15 is 0 Å². The molecule has 0 aromatic carbocycles. The van der Waals surface area contributed by atoms with Gasteiger partial charge in [0.1, 0.15) is 5.92 Å². The number of carbonyl (C=O) groups is 3. The van der Waals surface area contributed by atoms with Gasteiger partial charge in [-0.1, -0.05) is 0 Å². The number of amides is 2. The van der Waals surface area contributed by atoms with E-state index in [1.807, 2.05) is 0 Å². The molecule has 5 N–H and O–H groups in total. The van der Waals surface area contributed by atoms with Crippen molar-refractivity contribution in [3.63, 3.8) is 0 Å². The lowest BCUT2D eigenvalue weighted by molar-refractivity contribution is -0.148. The van der Waals surface area contributed by atoms with E-state index in [1.165, 1.54) is 7.11 Å². The van der Waals surface area contributed by atoms with Gasteiger partial charge in [-0.2, -0.15) is 0 Å². The van der Waals surface area contributed by atoms with Gasteiger partial charge in [-0.05, 0) is 33.1 Å². The van der Waals surface area contributed by atoms with Crippen LogP contribution in [0, 0.1) is 11.8 Å². The molecule has 0 aromatic heterocycles. The van der Waals surface area contributed by atoms with E-state index in [9.17, 15) is 19.5 Å². The molecule has 0 saturated carbocycles. The molecule has 2 amide bonds. The van der Waals surface area contributed by atoms with Gasteiger partial charge in [0.2, 0.25) is 11.8 Å². The second kappa shape index (κ2) is 7.08. The Labute approximate surface area is 112 Å². The number of rotatable bonds is 8. The zero-order chi connectivity index (χ0) is 15.2. The van der Waals surface area contributed by atoms with Gasteiger partial charge in [0.05, 0.1) is 18.6 Å². The van der Waals surface area contributed by atoms with Crippen LogP contribution in [0.25, 0.3) is 0 Å². The van der Waals surface area contributed by atoms with Crippen LogP contribution in [0.4, 0.5) is 0 Å². The van der Waals surface area contributed by atoms with Gasteiger partial charge in [-0.3, -0.25) is 14.4 Å². The molecule has 0 spiro atoms. The smallest absolute Gasteiger partial charge is 0.308 e. The molecule has 0 aliphatic heterocycles. The highest BCUT2D eigenvalue weighted by molar-refractivity contribution is 5.98. The number of nitrogens with two attached hydrogens (primary N) is 2. The predicted molar refractivity (Wildman–Crippen MR) is 67.5 cm³/mol. The quantitative estimate of drug-likeness (QED) is 0.398. The molecule has 0 rings (SSSR count). The number of carbonyl (C=O) groups excluding carboxylic acids is 3. The third kappa shape index (κ3) is 6.76. The largest absolute Gasteiger partial charge is 0.469 e. The maximum absolute atomic E-state index is 11.6. The number of hydrogen-bond acceptors (Lipinski definition) is 5. The van der Waals surface area contributed by atoms with Crippen molar-refractivity contribution in [1.82, 2.24) is 0 Å². The molecule has 1 atom stereocenters. The zero-order valence-electron chi connectivity index (χ0n) is 11.5. The molecule has 19 heavy (non-hydrogen) atoms. The minimum Gasteiger partial charge on any atom is -0.469 e. The van der Waals surface area contributed by atoms with Crippen molar-refractivity contribution in [2.45, 2.75) is 38.7 Å². The molecule has 0 aliphatic rings. The molecule has 0 aromatic rings. The fraction of sp³-hybridized carbons (Fsp3) is 0.750. The number of esters is 1. The maximum Gasteiger partial charge on any atom is 0.308 e. The van der Waals surface area contributed by atoms with E-state index in [4.69, 9.17) is 11.5 Å². The average Bonchev–Trinajstić information content (AvgIpc) is 2.24. The van der Waals surface area contributed by atoms with Crippen LogP contribution in [0.5, 0.6) is 0 Å². The molecule has 0 heterocycles. The Hall–Kier alpha value is -1.63. The molecule has 7 nitrogen and oxygen atoms in total. The van der Waals surface area contributed by atoms with Crippen molar-refractivity contribution in [1.29, 1.82) is 0 Å². The maximum atomic E-state index is 11.6. The van der Waals surface area contributed by atoms with Crippen LogP contribution in [0.3, 0.4) is 0 Å². The molecular formula is C12H22N2O5. The molecule has 0 aliphatic carbocycles. The molecule has 0 bridgehead atoms. The SMILES string of the molecule is COC(=O)C(CCC(C(N)=O)C(N)=O)CC(C)(C)O. The van der Waals surface area contributed by atoms with Crippen LogP contribution in [-0.4, -0.2) is 35.6 Å². The average molecular weight is 274 g/mol. The standard InChI is InChI=1S/C12H22N2O5/c1-12(2,18)6-7(11(17)19-3)4-5-8(9(13)15)10(14)16/h7-8,18H,4-6H2,1-3H3,(H2,13,15)(H2,14,16). The Morgan fingerprint density at radius 1 is 1.16 bits per heavy atom. The van der Waals surface area contributed by atoms with E-state index in [0.717, 1.165) is 0 Å². The fourth-order valence-electron chi connectivity index (χ4n) is 1.87. The summed E-state index contributed by atoms with van der Waals surface area (Å²) in [4.78, 5) is 33.6. The monoisotopic (exact) mass is 274 g/mol. The normalized spacial score (nSPS) is 13.1. The zero-order valence-corrected chi connectivity index (χ0v) is 11.5. The van der Waals surface area contributed by atoms with Crippen LogP contribution < -0.4 is 11.5 Å². The minimum atomic E-state index is -1.12. The van der Waals surface area contributed by atoms with Gasteiger partial charge < -0.3 is 21.3 Å². The topological polar surface area (TPSA) is 133 Å². The molecular weight excluding hydrogens is 252 g/mol. The Balaban J connectivity index is 4.70. The van der Waals surface area contributed by atoms with Crippen LogP contribution >= 0.6 is 0 Å². The first kappa shape index (κ1) is 17.4. The Morgan fingerprint density at radius 3 is 1.95 bits per heavy atom. The van der Waals surface area contributed by atoms with Gasteiger partial charge in [0.15, 0.2) is 0 Å². The molecule has 0 radical (unpaired) electrons. The third-order valence-electron chi connectivity index (χ3n) is 2.77. The Morgan fingerprint density at radius 2 is 1.63 bits per heavy atom. The molecule has 7 heteroatoms.